The quantitative estimate of drug-likeness (QED) is 0.830. The van der Waals surface area contributed by atoms with E-state index in [1.54, 1.807) is 17.9 Å². The Labute approximate surface area is 117 Å². The molecule has 2 rings (SSSR count). The number of aryl methyl sites for hydroxylation is 3. The second-order valence-corrected chi connectivity index (χ2v) is 4.68. The highest BCUT2D eigenvalue weighted by Crippen LogP contribution is 2.18. The molecule has 0 fully saturated rings. The van der Waals surface area contributed by atoms with Crippen LogP contribution in [0.5, 0.6) is 0 Å². The van der Waals surface area contributed by atoms with Crippen LogP contribution in [0.25, 0.3) is 0 Å². The summed E-state index contributed by atoms with van der Waals surface area (Å²) in [7, 11) is 3.53. The Bertz CT molecular complexity index is 628. The van der Waals surface area contributed by atoms with Gasteiger partial charge in [0.25, 0.3) is 5.91 Å². The third-order valence-corrected chi connectivity index (χ3v) is 3.19. The van der Waals surface area contributed by atoms with Gasteiger partial charge in [0.2, 0.25) is 0 Å². The Hall–Kier alpha value is -2.38. The maximum absolute atomic E-state index is 12.3. The normalized spacial score (nSPS) is 12.4. The van der Waals surface area contributed by atoms with Crippen LogP contribution in [-0.4, -0.2) is 30.5 Å². The van der Waals surface area contributed by atoms with Crippen molar-refractivity contribution in [1.29, 1.82) is 0 Å². The molecule has 8 nitrogen and oxygen atoms in total. The predicted molar refractivity (Wildman–Crippen MR) is 73.9 cm³/mol. The molecule has 1 atom stereocenters. The predicted octanol–water partition coefficient (Wildman–Crippen LogP) is 0.184. The van der Waals surface area contributed by atoms with Crippen molar-refractivity contribution in [1.82, 2.24) is 29.9 Å². The van der Waals surface area contributed by atoms with E-state index in [9.17, 15) is 4.79 Å². The molecule has 2 aromatic heterocycles. The Morgan fingerprint density at radius 2 is 2.20 bits per heavy atom. The lowest BCUT2D eigenvalue weighted by atomic mass is 10.2. The van der Waals surface area contributed by atoms with Gasteiger partial charge in [0.1, 0.15) is 12.0 Å². The van der Waals surface area contributed by atoms with Crippen molar-refractivity contribution < 1.29 is 4.79 Å². The van der Waals surface area contributed by atoms with Crippen LogP contribution in [0.2, 0.25) is 0 Å². The highest BCUT2D eigenvalue weighted by molar-refractivity contribution is 5.98. The van der Waals surface area contributed by atoms with Crippen LogP contribution >= 0.6 is 0 Å². The van der Waals surface area contributed by atoms with Crippen LogP contribution in [-0.2, 0) is 20.5 Å². The van der Waals surface area contributed by atoms with Gasteiger partial charge in [-0.25, -0.2) is 0 Å². The largest absolute Gasteiger partial charge is 0.395 e. The van der Waals surface area contributed by atoms with Crippen molar-refractivity contribution in [2.45, 2.75) is 26.3 Å². The summed E-state index contributed by atoms with van der Waals surface area (Å²) in [5, 5.41) is 14.9. The first-order chi connectivity index (χ1) is 9.45. The average molecular weight is 277 g/mol. The second-order valence-electron chi connectivity index (χ2n) is 4.68. The van der Waals surface area contributed by atoms with Crippen molar-refractivity contribution >= 4 is 11.6 Å². The van der Waals surface area contributed by atoms with Gasteiger partial charge in [0, 0.05) is 14.1 Å². The molecule has 108 valence electrons. The van der Waals surface area contributed by atoms with Crippen molar-refractivity contribution in [2.75, 3.05) is 5.73 Å². The first-order valence-electron chi connectivity index (χ1n) is 6.41. The SMILES string of the molecule is CCc1nn(C)c(C(=O)NC(C)c2nncn2C)c1N. The summed E-state index contributed by atoms with van der Waals surface area (Å²) in [4.78, 5) is 12.3. The molecule has 0 aliphatic carbocycles. The van der Waals surface area contributed by atoms with Crippen LogP contribution in [0.1, 0.15) is 41.9 Å². The van der Waals surface area contributed by atoms with Crippen LogP contribution in [0.3, 0.4) is 0 Å². The summed E-state index contributed by atoms with van der Waals surface area (Å²) in [5.41, 5.74) is 7.49. The highest BCUT2D eigenvalue weighted by atomic mass is 16.2. The van der Waals surface area contributed by atoms with Gasteiger partial charge >= 0.3 is 0 Å². The Morgan fingerprint density at radius 3 is 2.70 bits per heavy atom. The number of hydrogen-bond donors (Lipinski definition) is 2. The molecule has 0 aliphatic rings. The fourth-order valence-electron chi connectivity index (χ4n) is 2.14. The van der Waals surface area contributed by atoms with Gasteiger partial charge < -0.3 is 15.6 Å². The number of nitrogens with two attached hydrogens (primary N) is 1. The van der Waals surface area contributed by atoms with Crippen LogP contribution in [0.15, 0.2) is 6.33 Å². The second kappa shape index (κ2) is 5.32. The maximum atomic E-state index is 12.3. The Kier molecular flexibility index (Phi) is 3.73. The zero-order valence-corrected chi connectivity index (χ0v) is 12.1. The summed E-state index contributed by atoms with van der Waals surface area (Å²) in [6.45, 7) is 3.79. The summed E-state index contributed by atoms with van der Waals surface area (Å²) < 4.78 is 3.27. The minimum absolute atomic E-state index is 0.269. The molecule has 1 unspecified atom stereocenters. The number of rotatable bonds is 4. The molecule has 0 aromatic carbocycles. The molecule has 0 spiro atoms. The molecule has 1 amide bonds. The molecule has 0 radical (unpaired) electrons. The van der Waals surface area contributed by atoms with E-state index < -0.39 is 0 Å². The Morgan fingerprint density at radius 1 is 1.50 bits per heavy atom. The number of carbonyl (C=O) groups excluding carboxylic acids is 1. The van der Waals surface area contributed by atoms with E-state index in [1.165, 1.54) is 4.68 Å². The van der Waals surface area contributed by atoms with Gasteiger partial charge in [-0.05, 0) is 13.3 Å². The fourth-order valence-corrected chi connectivity index (χ4v) is 2.14. The number of carbonyl (C=O) groups is 1. The van der Waals surface area contributed by atoms with E-state index in [2.05, 4.69) is 20.6 Å². The first kappa shape index (κ1) is 14.0. The molecule has 0 bridgehead atoms. The maximum Gasteiger partial charge on any atom is 0.272 e. The van der Waals surface area contributed by atoms with Crippen LogP contribution in [0.4, 0.5) is 5.69 Å². The summed E-state index contributed by atoms with van der Waals surface area (Å²) in [6.07, 6.45) is 2.28. The molecular formula is C12H19N7O. The zero-order chi connectivity index (χ0) is 14.9. The van der Waals surface area contributed by atoms with Crippen molar-refractivity contribution in [2.24, 2.45) is 14.1 Å². The third kappa shape index (κ3) is 2.36. The number of nitrogen functional groups attached to an aromatic ring is 1. The number of nitrogens with one attached hydrogen (secondary N) is 1. The molecule has 0 aliphatic heterocycles. The standard InChI is InChI=1S/C12H19N7O/c1-5-8-9(13)10(19(4)17-8)12(20)15-7(2)11-16-14-6-18(11)3/h6-7H,5,13H2,1-4H3,(H,15,20). The van der Waals surface area contributed by atoms with Crippen molar-refractivity contribution in [3.8, 4) is 0 Å². The fraction of sp³-hybridized carbons (Fsp3) is 0.500. The molecule has 2 heterocycles. The number of anilines is 1. The van der Waals surface area contributed by atoms with Crippen LogP contribution in [0, 0.1) is 0 Å². The molecule has 0 saturated heterocycles. The zero-order valence-electron chi connectivity index (χ0n) is 12.1. The van der Waals surface area contributed by atoms with E-state index in [-0.39, 0.29) is 11.9 Å². The lowest BCUT2D eigenvalue weighted by Gasteiger charge is -2.13. The lowest BCUT2D eigenvalue weighted by molar-refractivity contribution is 0.0929. The van der Waals surface area contributed by atoms with E-state index in [0.717, 1.165) is 5.69 Å². The summed E-state index contributed by atoms with van der Waals surface area (Å²) in [5.74, 6) is 0.405. The molecule has 3 N–H and O–H groups in total. The average Bonchev–Trinajstić information content (AvgIpc) is 2.93. The van der Waals surface area contributed by atoms with Gasteiger partial charge in [-0.3, -0.25) is 9.48 Å². The smallest absolute Gasteiger partial charge is 0.272 e. The van der Waals surface area contributed by atoms with Crippen molar-refractivity contribution in [3.05, 3.63) is 23.5 Å². The molecular weight excluding hydrogens is 258 g/mol. The Balaban J connectivity index is 2.21. The minimum atomic E-state index is -0.271. The summed E-state index contributed by atoms with van der Waals surface area (Å²) in [6, 6.07) is -0.269. The number of nitrogens with zero attached hydrogens (tertiary/aromatic N) is 5. The monoisotopic (exact) mass is 277 g/mol. The summed E-state index contributed by atoms with van der Waals surface area (Å²) >= 11 is 0. The number of amides is 1. The molecule has 2 aromatic rings. The van der Waals surface area contributed by atoms with E-state index >= 15 is 0 Å². The molecule has 20 heavy (non-hydrogen) atoms. The van der Waals surface area contributed by atoms with Crippen molar-refractivity contribution in [3.63, 3.8) is 0 Å². The van der Waals surface area contributed by atoms with Crippen LogP contribution < -0.4 is 11.1 Å². The minimum Gasteiger partial charge on any atom is -0.395 e. The first-order valence-corrected chi connectivity index (χ1v) is 6.41. The molecule has 0 saturated carbocycles. The molecule has 8 heteroatoms. The van der Waals surface area contributed by atoms with Gasteiger partial charge in [0.05, 0.1) is 17.4 Å². The number of hydrogen-bond acceptors (Lipinski definition) is 5. The topological polar surface area (TPSA) is 104 Å². The lowest BCUT2D eigenvalue weighted by Crippen LogP contribution is -2.30. The van der Waals surface area contributed by atoms with Gasteiger partial charge in [0.15, 0.2) is 5.82 Å². The van der Waals surface area contributed by atoms with Gasteiger partial charge in [-0.2, -0.15) is 5.10 Å². The van der Waals surface area contributed by atoms with E-state index in [0.29, 0.717) is 23.6 Å². The number of aromatic nitrogens is 5. The third-order valence-electron chi connectivity index (χ3n) is 3.19. The van der Waals surface area contributed by atoms with E-state index in [1.807, 2.05) is 20.9 Å². The highest BCUT2D eigenvalue weighted by Gasteiger charge is 2.22. The van der Waals surface area contributed by atoms with Gasteiger partial charge in [-0.1, -0.05) is 6.92 Å². The van der Waals surface area contributed by atoms with E-state index in [4.69, 9.17) is 5.73 Å². The van der Waals surface area contributed by atoms with Gasteiger partial charge in [-0.15, -0.1) is 10.2 Å².